The van der Waals surface area contributed by atoms with Gasteiger partial charge in [-0.3, -0.25) is 9.59 Å². The first-order valence-electron chi connectivity index (χ1n) is 9.75. The van der Waals surface area contributed by atoms with Crippen molar-refractivity contribution in [3.63, 3.8) is 0 Å². The number of aryl methyl sites for hydroxylation is 1. The van der Waals surface area contributed by atoms with Crippen molar-refractivity contribution in [2.75, 3.05) is 11.9 Å². The Morgan fingerprint density at radius 2 is 1.93 bits per heavy atom. The lowest BCUT2D eigenvalue weighted by Gasteiger charge is -2.32. The molecule has 0 radical (unpaired) electrons. The molecule has 4 heteroatoms. The Kier molecular flexibility index (Phi) is 5.94. The quantitative estimate of drug-likeness (QED) is 0.832. The highest BCUT2D eigenvalue weighted by Gasteiger charge is 2.35. The molecule has 2 aromatic carbocycles. The van der Waals surface area contributed by atoms with E-state index in [1.807, 2.05) is 30.0 Å². The van der Waals surface area contributed by atoms with Gasteiger partial charge in [0.15, 0.2) is 0 Å². The molecule has 27 heavy (non-hydrogen) atoms. The van der Waals surface area contributed by atoms with E-state index in [0.29, 0.717) is 17.2 Å². The third-order valence-electron chi connectivity index (χ3n) is 5.49. The summed E-state index contributed by atoms with van der Waals surface area (Å²) in [5.41, 5.74) is 3.60. The monoisotopic (exact) mass is 364 g/mol. The van der Waals surface area contributed by atoms with Gasteiger partial charge in [-0.1, -0.05) is 43.3 Å². The average Bonchev–Trinajstić information content (AvgIpc) is 3.13. The summed E-state index contributed by atoms with van der Waals surface area (Å²) in [6.45, 7) is 6.40. The first-order chi connectivity index (χ1) is 13.0. The maximum absolute atomic E-state index is 13.3. The molecule has 2 atom stereocenters. The predicted molar refractivity (Wildman–Crippen MR) is 109 cm³/mol. The Morgan fingerprint density at radius 1 is 1.19 bits per heavy atom. The molecule has 3 rings (SSSR count). The van der Waals surface area contributed by atoms with Crippen molar-refractivity contribution in [3.05, 3.63) is 65.2 Å². The molecule has 1 aliphatic rings. The number of hydrogen-bond acceptors (Lipinski definition) is 2. The van der Waals surface area contributed by atoms with E-state index in [2.05, 4.69) is 36.5 Å². The second-order valence-electron chi connectivity index (χ2n) is 7.34. The molecule has 2 amide bonds. The SMILES string of the molecule is CC[C@H](c1ccccc1)[C@H]1CCCN1C(=O)c1ccc(C)c(NC(C)=O)c1. The zero-order chi connectivity index (χ0) is 19.4. The van der Waals surface area contributed by atoms with Gasteiger partial charge in [0.25, 0.3) is 5.91 Å². The van der Waals surface area contributed by atoms with Gasteiger partial charge in [-0.15, -0.1) is 0 Å². The Balaban J connectivity index is 1.86. The maximum atomic E-state index is 13.3. The summed E-state index contributed by atoms with van der Waals surface area (Å²) in [4.78, 5) is 26.7. The Morgan fingerprint density at radius 3 is 2.59 bits per heavy atom. The largest absolute Gasteiger partial charge is 0.335 e. The lowest BCUT2D eigenvalue weighted by Crippen LogP contribution is -2.39. The van der Waals surface area contributed by atoms with Crippen molar-refractivity contribution in [1.82, 2.24) is 4.90 Å². The minimum absolute atomic E-state index is 0.0542. The Labute approximate surface area is 161 Å². The summed E-state index contributed by atoms with van der Waals surface area (Å²) >= 11 is 0. The fourth-order valence-electron chi connectivity index (χ4n) is 4.14. The number of amides is 2. The second kappa shape index (κ2) is 8.38. The van der Waals surface area contributed by atoms with E-state index in [1.54, 1.807) is 6.07 Å². The Bertz CT molecular complexity index is 816. The lowest BCUT2D eigenvalue weighted by atomic mass is 9.87. The third-order valence-corrected chi connectivity index (χ3v) is 5.49. The molecule has 2 aromatic rings. The molecule has 142 valence electrons. The second-order valence-corrected chi connectivity index (χ2v) is 7.34. The van der Waals surface area contributed by atoms with Crippen LogP contribution in [0.1, 0.15) is 60.5 Å². The van der Waals surface area contributed by atoms with Crippen molar-refractivity contribution < 1.29 is 9.59 Å². The molecule has 0 spiro atoms. The van der Waals surface area contributed by atoms with E-state index >= 15 is 0 Å². The number of carbonyl (C=O) groups is 2. The van der Waals surface area contributed by atoms with Gasteiger partial charge >= 0.3 is 0 Å². The summed E-state index contributed by atoms with van der Waals surface area (Å²) in [7, 11) is 0. The number of nitrogens with one attached hydrogen (secondary N) is 1. The first-order valence-corrected chi connectivity index (χ1v) is 9.75. The highest BCUT2D eigenvalue weighted by molar-refractivity contribution is 5.97. The van der Waals surface area contributed by atoms with Crippen LogP contribution in [-0.4, -0.2) is 29.3 Å². The van der Waals surface area contributed by atoms with E-state index in [0.717, 1.165) is 31.4 Å². The maximum Gasteiger partial charge on any atom is 0.254 e. The number of anilines is 1. The number of rotatable bonds is 5. The standard InChI is InChI=1S/C23H28N2O2/c1-4-20(18-9-6-5-7-10-18)22-11-8-14-25(22)23(27)19-13-12-16(2)21(15-19)24-17(3)26/h5-7,9-10,12-13,15,20,22H,4,8,11,14H2,1-3H3,(H,24,26)/t20-,22-/m1/s1. The molecule has 0 saturated carbocycles. The topological polar surface area (TPSA) is 49.4 Å². The van der Waals surface area contributed by atoms with Crippen LogP contribution in [0, 0.1) is 6.92 Å². The van der Waals surface area contributed by atoms with Crippen molar-refractivity contribution in [3.8, 4) is 0 Å². The van der Waals surface area contributed by atoms with Crippen molar-refractivity contribution >= 4 is 17.5 Å². The van der Waals surface area contributed by atoms with Gasteiger partial charge in [0.2, 0.25) is 5.91 Å². The van der Waals surface area contributed by atoms with Gasteiger partial charge in [0.1, 0.15) is 0 Å². The molecule has 0 aromatic heterocycles. The van der Waals surface area contributed by atoms with Gasteiger partial charge in [0, 0.05) is 36.7 Å². The van der Waals surface area contributed by atoms with E-state index in [-0.39, 0.29) is 17.9 Å². The van der Waals surface area contributed by atoms with Gasteiger partial charge in [-0.2, -0.15) is 0 Å². The molecule has 1 N–H and O–H groups in total. The van der Waals surface area contributed by atoms with Gasteiger partial charge in [0.05, 0.1) is 0 Å². The van der Waals surface area contributed by atoms with E-state index in [1.165, 1.54) is 12.5 Å². The summed E-state index contributed by atoms with van der Waals surface area (Å²) in [6.07, 6.45) is 3.07. The molecular weight excluding hydrogens is 336 g/mol. The van der Waals surface area contributed by atoms with Gasteiger partial charge in [-0.05, 0) is 49.4 Å². The van der Waals surface area contributed by atoms with E-state index in [4.69, 9.17) is 0 Å². The van der Waals surface area contributed by atoms with Crippen LogP contribution in [0.4, 0.5) is 5.69 Å². The van der Waals surface area contributed by atoms with Crippen molar-refractivity contribution in [2.24, 2.45) is 0 Å². The summed E-state index contributed by atoms with van der Waals surface area (Å²) in [6, 6.07) is 16.3. The van der Waals surface area contributed by atoms with Gasteiger partial charge in [-0.25, -0.2) is 0 Å². The van der Waals surface area contributed by atoms with E-state index in [9.17, 15) is 9.59 Å². The van der Waals surface area contributed by atoms with Crippen LogP contribution in [-0.2, 0) is 4.79 Å². The van der Waals surface area contributed by atoms with Crippen LogP contribution in [0.2, 0.25) is 0 Å². The van der Waals surface area contributed by atoms with Crippen molar-refractivity contribution in [1.29, 1.82) is 0 Å². The molecule has 0 aliphatic carbocycles. The minimum Gasteiger partial charge on any atom is -0.335 e. The fraction of sp³-hybridized carbons (Fsp3) is 0.391. The van der Waals surface area contributed by atoms with Crippen molar-refractivity contribution in [2.45, 2.75) is 52.0 Å². The highest BCUT2D eigenvalue weighted by atomic mass is 16.2. The van der Waals surface area contributed by atoms with Gasteiger partial charge < -0.3 is 10.2 Å². The molecule has 1 fully saturated rings. The number of nitrogens with zero attached hydrogens (tertiary/aromatic N) is 1. The van der Waals surface area contributed by atoms with Crippen LogP contribution >= 0.6 is 0 Å². The number of likely N-dealkylation sites (tertiary alicyclic amines) is 1. The number of hydrogen-bond donors (Lipinski definition) is 1. The molecule has 1 heterocycles. The predicted octanol–water partition coefficient (Wildman–Crippen LogP) is 4.75. The third kappa shape index (κ3) is 4.21. The van der Waals surface area contributed by atoms with Crippen LogP contribution in [0.5, 0.6) is 0 Å². The number of carbonyl (C=O) groups excluding carboxylic acids is 2. The molecule has 0 unspecified atom stereocenters. The Hall–Kier alpha value is -2.62. The molecular formula is C23H28N2O2. The van der Waals surface area contributed by atoms with Crippen LogP contribution < -0.4 is 5.32 Å². The summed E-state index contributed by atoms with van der Waals surface area (Å²) in [5, 5.41) is 2.82. The normalized spacial score (nSPS) is 17.6. The minimum atomic E-state index is -0.128. The zero-order valence-electron chi connectivity index (χ0n) is 16.4. The molecule has 1 saturated heterocycles. The van der Waals surface area contributed by atoms with Crippen LogP contribution in [0.15, 0.2) is 48.5 Å². The lowest BCUT2D eigenvalue weighted by molar-refractivity contribution is -0.114. The zero-order valence-corrected chi connectivity index (χ0v) is 16.4. The molecule has 1 aliphatic heterocycles. The molecule has 4 nitrogen and oxygen atoms in total. The average molecular weight is 364 g/mol. The smallest absolute Gasteiger partial charge is 0.254 e. The van der Waals surface area contributed by atoms with E-state index < -0.39 is 0 Å². The molecule has 0 bridgehead atoms. The number of benzene rings is 2. The first kappa shape index (κ1) is 19.2. The summed E-state index contributed by atoms with van der Waals surface area (Å²) in [5.74, 6) is 0.272. The highest BCUT2D eigenvalue weighted by Crippen LogP contribution is 2.34. The van der Waals surface area contributed by atoms with Crippen LogP contribution in [0.3, 0.4) is 0 Å². The van der Waals surface area contributed by atoms with Crippen LogP contribution in [0.25, 0.3) is 0 Å². The fourth-order valence-corrected chi connectivity index (χ4v) is 4.14. The summed E-state index contributed by atoms with van der Waals surface area (Å²) < 4.78 is 0.